The van der Waals surface area contributed by atoms with Crippen LogP contribution in [0.3, 0.4) is 0 Å². The van der Waals surface area contributed by atoms with Crippen LogP contribution in [0.1, 0.15) is 0 Å². The predicted octanol–water partition coefficient (Wildman–Crippen LogP) is 0.290. The number of halogens is 1. The van der Waals surface area contributed by atoms with E-state index in [2.05, 4.69) is 5.32 Å². The Hall–Kier alpha value is 0.210. The molecule has 1 aliphatic rings. The van der Waals surface area contributed by atoms with Crippen LogP contribution in [0, 0.1) is 6.54 Å². The Bertz CT molecular complexity index is 44.1. The van der Waals surface area contributed by atoms with Crippen molar-refractivity contribution < 1.29 is 4.74 Å². The highest BCUT2D eigenvalue weighted by molar-refractivity contribution is 6.19. The van der Waals surface area contributed by atoms with Gasteiger partial charge >= 0.3 is 0 Å². The summed E-state index contributed by atoms with van der Waals surface area (Å²) in [5, 5.41) is 2.74. The number of nitrogens with one attached hydrogen (secondary N) is 1. The van der Waals surface area contributed by atoms with Crippen molar-refractivity contribution in [2.45, 2.75) is 5.69 Å². The predicted molar refractivity (Wildman–Crippen MR) is 23.0 cm³/mol. The van der Waals surface area contributed by atoms with Crippen molar-refractivity contribution in [1.82, 2.24) is 5.32 Å². The second kappa shape index (κ2) is 1.78. The lowest BCUT2D eigenvalue weighted by Crippen LogP contribution is -2.11. The molecule has 0 spiro atoms. The zero-order valence-electron chi connectivity index (χ0n) is 3.15. The number of rotatable bonds is 0. The Morgan fingerprint density at radius 1 is 2.00 bits per heavy atom. The lowest BCUT2D eigenvalue weighted by Gasteiger charge is -1.92. The summed E-state index contributed by atoms with van der Waals surface area (Å²) in [7, 11) is 0. The summed E-state index contributed by atoms with van der Waals surface area (Å²) in [4.78, 5) is 0. The third kappa shape index (κ3) is 0.834. The maximum atomic E-state index is 5.35. The van der Waals surface area contributed by atoms with Gasteiger partial charge in [0, 0.05) is 0 Å². The molecule has 1 aliphatic heterocycles. The fourth-order valence-electron chi connectivity index (χ4n) is 0.321. The highest BCUT2D eigenvalue weighted by atomic mass is 35.5. The van der Waals surface area contributed by atoms with Gasteiger partial charge in [0.15, 0.2) is 5.69 Å². The molecule has 1 radical (unpaired) electrons. The lowest BCUT2D eigenvalue weighted by molar-refractivity contribution is 0.164. The van der Waals surface area contributed by atoms with Crippen LogP contribution in [0.2, 0.25) is 0 Å². The van der Waals surface area contributed by atoms with E-state index >= 15 is 0 Å². The average Bonchev–Trinajstić information content (AvgIpc) is 1.86. The zero-order chi connectivity index (χ0) is 4.41. The average molecular weight is 107 g/mol. The summed E-state index contributed by atoms with van der Waals surface area (Å²) in [5.74, 6) is 0. The first kappa shape index (κ1) is 4.37. The number of hydrogen-bond donors (Lipinski definition) is 1. The van der Waals surface area contributed by atoms with Crippen LogP contribution in [0.4, 0.5) is 0 Å². The topological polar surface area (TPSA) is 21.3 Å². The molecule has 35 valence electrons. The minimum absolute atomic E-state index is 0.287. The smallest absolute Gasteiger partial charge is 0.185 e. The Balaban J connectivity index is 2.18. The Kier molecular flexibility index (Phi) is 1.29. The molecule has 3 heteroatoms. The van der Waals surface area contributed by atoms with E-state index in [1.54, 1.807) is 6.54 Å². The van der Waals surface area contributed by atoms with Crippen molar-refractivity contribution in [3.05, 3.63) is 6.54 Å². The van der Waals surface area contributed by atoms with Crippen LogP contribution in [-0.2, 0) is 4.74 Å². The third-order valence-electron chi connectivity index (χ3n) is 0.575. The molecule has 0 aromatic carbocycles. The van der Waals surface area contributed by atoms with E-state index in [1.807, 2.05) is 0 Å². The van der Waals surface area contributed by atoms with Gasteiger partial charge in [0.1, 0.15) is 0 Å². The highest BCUT2D eigenvalue weighted by Crippen LogP contribution is 2.00. The molecule has 1 heterocycles. The molecule has 0 amide bonds. The van der Waals surface area contributed by atoms with Crippen molar-refractivity contribution in [2.75, 3.05) is 6.61 Å². The van der Waals surface area contributed by atoms with Crippen molar-refractivity contribution in [3.63, 3.8) is 0 Å². The molecule has 0 aromatic heterocycles. The second-order valence-electron chi connectivity index (χ2n) is 1.02. The summed E-state index contributed by atoms with van der Waals surface area (Å²) in [6, 6.07) is 0. The normalized spacial score (nSPS) is 34.5. The van der Waals surface area contributed by atoms with Crippen molar-refractivity contribution in [1.29, 1.82) is 0 Å². The van der Waals surface area contributed by atoms with Crippen LogP contribution >= 0.6 is 11.6 Å². The lowest BCUT2D eigenvalue weighted by atomic mass is 10.7. The maximum absolute atomic E-state index is 5.35. The number of alkyl halides is 1. The van der Waals surface area contributed by atoms with Gasteiger partial charge in [-0.3, -0.25) is 5.32 Å². The molecular weight excluding hydrogens is 101 g/mol. The van der Waals surface area contributed by atoms with Crippen LogP contribution in [0.25, 0.3) is 0 Å². The van der Waals surface area contributed by atoms with E-state index in [1.165, 1.54) is 0 Å². The van der Waals surface area contributed by atoms with E-state index in [-0.39, 0.29) is 5.69 Å². The summed E-state index contributed by atoms with van der Waals surface area (Å²) >= 11 is 5.35. The minimum Gasteiger partial charge on any atom is -0.348 e. The van der Waals surface area contributed by atoms with Gasteiger partial charge in [0.25, 0.3) is 0 Å². The minimum atomic E-state index is -0.287. The van der Waals surface area contributed by atoms with Crippen LogP contribution < -0.4 is 5.32 Å². The first-order chi connectivity index (χ1) is 2.89. The van der Waals surface area contributed by atoms with Crippen LogP contribution in [-0.4, -0.2) is 12.3 Å². The molecule has 0 aliphatic carbocycles. The molecule has 6 heavy (non-hydrogen) atoms. The molecule has 1 N–H and O–H groups in total. The number of hydrogen-bond acceptors (Lipinski definition) is 2. The van der Waals surface area contributed by atoms with Crippen molar-refractivity contribution >= 4 is 11.6 Å². The molecule has 1 rings (SSSR count). The summed E-state index contributed by atoms with van der Waals surface area (Å²) < 4.78 is 4.75. The fourth-order valence-corrected chi connectivity index (χ4v) is 0.483. The Morgan fingerprint density at radius 2 is 2.83 bits per heavy atom. The Morgan fingerprint density at radius 3 is 3.00 bits per heavy atom. The van der Waals surface area contributed by atoms with Gasteiger partial charge in [0.05, 0.1) is 13.2 Å². The zero-order valence-corrected chi connectivity index (χ0v) is 3.90. The van der Waals surface area contributed by atoms with E-state index in [4.69, 9.17) is 16.3 Å². The summed E-state index contributed by atoms with van der Waals surface area (Å²) in [6.45, 7) is 2.39. The van der Waals surface area contributed by atoms with Gasteiger partial charge in [-0.05, 0) is 0 Å². The van der Waals surface area contributed by atoms with Gasteiger partial charge in [-0.25, -0.2) is 0 Å². The Labute approximate surface area is 41.4 Å². The molecule has 0 bridgehead atoms. The van der Waals surface area contributed by atoms with Crippen molar-refractivity contribution in [3.8, 4) is 0 Å². The van der Waals surface area contributed by atoms with Gasteiger partial charge in [-0.15, -0.1) is 0 Å². The molecular formula is C3H5ClNO. The van der Waals surface area contributed by atoms with E-state index in [0.29, 0.717) is 6.61 Å². The second-order valence-corrected chi connectivity index (χ2v) is 1.42. The first-order valence-electron chi connectivity index (χ1n) is 1.73. The highest BCUT2D eigenvalue weighted by Gasteiger charge is 2.08. The molecule has 1 saturated heterocycles. The molecule has 0 saturated carbocycles. The maximum Gasteiger partial charge on any atom is 0.185 e. The van der Waals surface area contributed by atoms with Gasteiger partial charge < -0.3 is 4.74 Å². The molecule has 0 aromatic rings. The van der Waals surface area contributed by atoms with Gasteiger partial charge in [0.2, 0.25) is 0 Å². The summed E-state index contributed by atoms with van der Waals surface area (Å²) in [6.07, 6.45) is 0. The molecule has 2 nitrogen and oxygen atoms in total. The largest absolute Gasteiger partial charge is 0.348 e. The van der Waals surface area contributed by atoms with Crippen LogP contribution in [0.5, 0.6) is 0 Å². The number of ether oxygens (including phenoxy) is 1. The van der Waals surface area contributed by atoms with Crippen LogP contribution in [0.15, 0.2) is 0 Å². The fraction of sp³-hybridized carbons (Fsp3) is 0.667. The van der Waals surface area contributed by atoms with Gasteiger partial charge in [-0.1, -0.05) is 11.6 Å². The third-order valence-corrected chi connectivity index (χ3v) is 0.827. The first-order valence-corrected chi connectivity index (χ1v) is 2.16. The SMILES string of the molecule is ClC1N[CH]CO1. The van der Waals surface area contributed by atoms with E-state index in [0.717, 1.165) is 0 Å². The quantitative estimate of drug-likeness (QED) is 0.354. The van der Waals surface area contributed by atoms with Gasteiger partial charge in [-0.2, -0.15) is 0 Å². The molecule has 1 fully saturated rings. The standard InChI is InChI=1S/C3H5ClNO/c4-3-5-1-2-6-3/h1,3,5H,2H2. The summed E-state index contributed by atoms with van der Waals surface area (Å²) in [5.41, 5.74) is -0.287. The monoisotopic (exact) mass is 106 g/mol. The molecule has 1 unspecified atom stereocenters. The van der Waals surface area contributed by atoms with E-state index in [9.17, 15) is 0 Å². The molecule has 1 atom stereocenters. The van der Waals surface area contributed by atoms with E-state index < -0.39 is 0 Å². The van der Waals surface area contributed by atoms with Crippen molar-refractivity contribution in [2.24, 2.45) is 0 Å².